The van der Waals surface area contributed by atoms with Crippen molar-refractivity contribution in [3.63, 3.8) is 0 Å². The van der Waals surface area contributed by atoms with Crippen LogP contribution >= 0.6 is 11.3 Å². The number of rotatable bonds is 7. The fourth-order valence-electron chi connectivity index (χ4n) is 1.77. The van der Waals surface area contributed by atoms with Crippen LogP contribution in [0.2, 0.25) is 0 Å². The van der Waals surface area contributed by atoms with Crippen LogP contribution in [0.1, 0.15) is 19.5 Å². The normalized spacial score (nSPS) is 11.6. The summed E-state index contributed by atoms with van der Waals surface area (Å²) in [6.45, 7) is 3.75. The Morgan fingerprint density at radius 3 is 2.74 bits per heavy atom. The highest BCUT2D eigenvalue weighted by molar-refractivity contribution is 7.13. The van der Waals surface area contributed by atoms with Gasteiger partial charge in [-0.1, -0.05) is 18.2 Å². The lowest BCUT2D eigenvalue weighted by Gasteiger charge is -2.13. The quantitative estimate of drug-likeness (QED) is 0.788. The molecule has 1 aromatic carbocycles. The Kier molecular flexibility index (Phi) is 6.10. The van der Waals surface area contributed by atoms with E-state index in [2.05, 4.69) is 10.3 Å². The van der Waals surface area contributed by atoms with Crippen molar-refractivity contribution in [2.24, 2.45) is 0 Å². The van der Waals surface area contributed by atoms with Gasteiger partial charge in [-0.2, -0.15) is 0 Å². The molecular weight excluding hydrogens is 316 g/mol. The number of nitrogens with one attached hydrogen (secondary N) is 1. The van der Waals surface area contributed by atoms with Gasteiger partial charge in [-0.3, -0.25) is 14.9 Å². The van der Waals surface area contributed by atoms with E-state index in [0.717, 1.165) is 0 Å². The highest BCUT2D eigenvalue weighted by atomic mass is 32.1. The van der Waals surface area contributed by atoms with Crippen molar-refractivity contribution < 1.29 is 19.1 Å². The number of para-hydroxylation sites is 1. The summed E-state index contributed by atoms with van der Waals surface area (Å²) in [5.74, 6) is -0.0142. The number of aromatic nitrogens is 1. The van der Waals surface area contributed by atoms with Crippen molar-refractivity contribution in [1.29, 1.82) is 0 Å². The summed E-state index contributed by atoms with van der Waals surface area (Å²) in [4.78, 5) is 27.7. The number of ether oxygens (including phenoxy) is 2. The van der Waals surface area contributed by atoms with Gasteiger partial charge in [0.2, 0.25) is 0 Å². The number of nitrogens with zero attached hydrogens (tertiary/aromatic N) is 1. The molecule has 23 heavy (non-hydrogen) atoms. The summed E-state index contributed by atoms with van der Waals surface area (Å²) in [7, 11) is 0. The Hall–Kier alpha value is -2.41. The molecule has 7 heteroatoms. The molecule has 0 fully saturated rings. The van der Waals surface area contributed by atoms with E-state index in [9.17, 15) is 9.59 Å². The zero-order valence-corrected chi connectivity index (χ0v) is 13.8. The van der Waals surface area contributed by atoms with Crippen LogP contribution in [0.5, 0.6) is 5.75 Å². The third-order valence-electron chi connectivity index (χ3n) is 2.84. The second kappa shape index (κ2) is 8.28. The number of benzene rings is 1. The molecule has 122 valence electrons. The van der Waals surface area contributed by atoms with Gasteiger partial charge in [0.05, 0.1) is 18.7 Å². The number of carbonyl (C=O) groups is 2. The molecule has 0 aliphatic carbocycles. The molecule has 1 atom stereocenters. The zero-order chi connectivity index (χ0) is 16.7. The lowest BCUT2D eigenvalue weighted by Crippen LogP contribution is -2.30. The van der Waals surface area contributed by atoms with Crippen molar-refractivity contribution in [3.05, 3.63) is 41.4 Å². The predicted octanol–water partition coefficient (Wildman–Crippen LogP) is 2.65. The second-order valence-electron chi connectivity index (χ2n) is 4.69. The topological polar surface area (TPSA) is 77.5 Å². The number of thiazole rings is 1. The number of amides is 1. The van der Waals surface area contributed by atoms with Gasteiger partial charge in [0, 0.05) is 5.38 Å². The Balaban J connectivity index is 1.87. The van der Waals surface area contributed by atoms with Crippen LogP contribution in [-0.2, 0) is 20.7 Å². The highest BCUT2D eigenvalue weighted by Gasteiger charge is 2.17. The van der Waals surface area contributed by atoms with Crippen LogP contribution in [0.3, 0.4) is 0 Å². The van der Waals surface area contributed by atoms with E-state index < -0.39 is 6.10 Å². The van der Waals surface area contributed by atoms with Gasteiger partial charge in [-0.25, -0.2) is 4.98 Å². The maximum Gasteiger partial charge on any atom is 0.311 e. The van der Waals surface area contributed by atoms with E-state index >= 15 is 0 Å². The van der Waals surface area contributed by atoms with Crippen LogP contribution in [0.15, 0.2) is 35.7 Å². The van der Waals surface area contributed by atoms with E-state index in [0.29, 0.717) is 23.2 Å². The number of anilines is 1. The summed E-state index contributed by atoms with van der Waals surface area (Å²) in [6.07, 6.45) is -0.564. The minimum atomic E-state index is -0.658. The Labute approximate surface area is 138 Å². The van der Waals surface area contributed by atoms with Crippen molar-refractivity contribution in [3.8, 4) is 5.75 Å². The van der Waals surface area contributed by atoms with E-state index in [1.165, 1.54) is 11.3 Å². The largest absolute Gasteiger partial charge is 0.481 e. The van der Waals surface area contributed by atoms with Gasteiger partial charge < -0.3 is 9.47 Å². The lowest BCUT2D eigenvalue weighted by atomic mass is 10.3. The molecule has 2 rings (SSSR count). The van der Waals surface area contributed by atoms with Crippen LogP contribution in [-0.4, -0.2) is 29.6 Å². The van der Waals surface area contributed by atoms with Crippen molar-refractivity contribution >= 4 is 28.3 Å². The molecule has 0 radical (unpaired) electrons. The molecule has 1 N–H and O–H groups in total. The maximum atomic E-state index is 12.1. The molecule has 0 saturated carbocycles. The van der Waals surface area contributed by atoms with Gasteiger partial charge in [0.25, 0.3) is 5.91 Å². The number of esters is 1. The number of hydrogen-bond acceptors (Lipinski definition) is 6. The second-order valence-corrected chi connectivity index (χ2v) is 5.55. The first-order valence-corrected chi connectivity index (χ1v) is 8.09. The molecule has 0 bridgehead atoms. The van der Waals surface area contributed by atoms with Crippen LogP contribution < -0.4 is 10.1 Å². The average molecular weight is 334 g/mol. The summed E-state index contributed by atoms with van der Waals surface area (Å²) in [5, 5.41) is 4.82. The van der Waals surface area contributed by atoms with E-state index in [1.54, 1.807) is 31.4 Å². The summed E-state index contributed by atoms with van der Waals surface area (Å²) in [5.41, 5.74) is 0.570. The molecule has 1 aromatic heterocycles. The third-order valence-corrected chi connectivity index (χ3v) is 3.64. The first kappa shape index (κ1) is 17.0. The monoisotopic (exact) mass is 334 g/mol. The van der Waals surface area contributed by atoms with Gasteiger partial charge in [-0.05, 0) is 26.0 Å². The van der Waals surface area contributed by atoms with E-state index in [1.807, 2.05) is 18.2 Å². The SMILES string of the molecule is CCOC(=O)Cc1csc(NC(=O)[C@H](C)Oc2ccccc2)n1. The maximum absolute atomic E-state index is 12.1. The molecule has 0 spiro atoms. The molecule has 0 aliphatic rings. The van der Waals surface area contributed by atoms with E-state index in [4.69, 9.17) is 9.47 Å². The van der Waals surface area contributed by atoms with Crippen molar-refractivity contribution in [2.45, 2.75) is 26.4 Å². The van der Waals surface area contributed by atoms with Crippen LogP contribution in [0, 0.1) is 0 Å². The van der Waals surface area contributed by atoms with Gasteiger partial charge in [0.1, 0.15) is 5.75 Å². The molecule has 0 unspecified atom stereocenters. The van der Waals surface area contributed by atoms with Crippen LogP contribution in [0.4, 0.5) is 5.13 Å². The number of carbonyl (C=O) groups excluding carboxylic acids is 2. The lowest BCUT2D eigenvalue weighted by molar-refractivity contribution is -0.142. The Bertz CT molecular complexity index is 657. The standard InChI is InChI=1S/C16H18N2O4S/c1-3-21-14(19)9-12-10-23-16(17-12)18-15(20)11(2)22-13-7-5-4-6-8-13/h4-8,10-11H,3,9H2,1-2H3,(H,17,18,20)/t11-/m0/s1. The van der Waals surface area contributed by atoms with Gasteiger partial charge in [0.15, 0.2) is 11.2 Å². The predicted molar refractivity (Wildman–Crippen MR) is 87.6 cm³/mol. The first-order valence-electron chi connectivity index (χ1n) is 7.21. The molecule has 6 nitrogen and oxygen atoms in total. The van der Waals surface area contributed by atoms with Crippen molar-refractivity contribution in [1.82, 2.24) is 4.98 Å². The summed E-state index contributed by atoms with van der Waals surface area (Å²) in [6, 6.07) is 9.11. The fraction of sp³-hybridized carbons (Fsp3) is 0.312. The Morgan fingerprint density at radius 1 is 1.30 bits per heavy atom. The molecule has 2 aromatic rings. The number of hydrogen-bond donors (Lipinski definition) is 1. The molecular formula is C16H18N2O4S. The van der Waals surface area contributed by atoms with Crippen molar-refractivity contribution in [2.75, 3.05) is 11.9 Å². The molecule has 0 saturated heterocycles. The first-order chi connectivity index (χ1) is 11.1. The summed E-state index contributed by atoms with van der Waals surface area (Å²) < 4.78 is 10.4. The average Bonchev–Trinajstić information content (AvgIpc) is 2.95. The van der Waals surface area contributed by atoms with Gasteiger partial charge >= 0.3 is 5.97 Å². The van der Waals surface area contributed by atoms with Gasteiger partial charge in [-0.15, -0.1) is 11.3 Å². The third kappa shape index (κ3) is 5.37. The highest BCUT2D eigenvalue weighted by Crippen LogP contribution is 2.17. The van der Waals surface area contributed by atoms with Crippen LogP contribution in [0.25, 0.3) is 0 Å². The molecule has 0 aliphatic heterocycles. The zero-order valence-electron chi connectivity index (χ0n) is 12.9. The molecule has 1 heterocycles. The minimum Gasteiger partial charge on any atom is -0.481 e. The molecule has 1 amide bonds. The summed E-state index contributed by atoms with van der Waals surface area (Å²) >= 11 is 1.26. The van der Waals surface area contributed by atoms with E-state index in [-0.39, 0.29) is 18.3 Å². The Morgan fingerprint density at radius 2 is 2.04 bits per heavy atom. The minimum absolute atomic E-state index is 0.0935. The smallest absolute Gasteiger partial charge is 0.311 e. The fourth-order valence-corrected chi connectivity index (χ4v) is 2.48.